The molecule has 2 aromatic carbocycles. The number of carboxylic acid groups (broad SMARTS) is 1. The van der Waals surface area contributed by atoms with Gasteiger partial charge in [-0.1, -0.05) is 54.6 Å². The summed E-state index contributed by atoms with van der Waals surface area (Å²) in [6, 6.07) is 19.5. The van der Waals surface area contributed by atoms with Crippen LogP contribution < -0.4 is 5.32 Å². The van der Waals surface area contributed by atoms with E-state index in [0.29, 0.717) is 41.9 Å². The molecule has 0 bridgehead atoms. The van der Waals surface area contributed by atoms with Crippen LogP contribution in [-0.2, 0) is 14.4 Å². The second-order valence-corrected chi connectivity index (χ2v) is 8.98. The number of likely N-dealkylation sites (tertiary alicyclic amines) is 1. The molecule has 2 N–H and O–H groups in total. The lowest BCUT2D eigenvalue weighted by molar-refractivity contribution is -0.142. The molecule has 0 saturated carbocycles. The summed E-state index contributed by atoms with van der Waals surface area (Å²) in [6.45, 7) is 2.00. The largest absolute Gasteiger partial charge is 0.480 e. The normalized spacial score (nSPS) is 15.1. The van der Waals surface area contributed by atoms with Crippen molar-refractivity contribution in [3.63, 3.8) is 0 Å². The third-order valence-corrected chi connectivity index (χ3v) is 6.43. The van der Waals surface area contributed by atoms with Crippen LogP contribution in [-0.4, -0.2) is 57.0 Å². The number of carboxylic acids is 1. The molecule has 1 aromatic heterocycles. The Morgan fingerprint density at radius 3 is 2.39 bits per heavy atom. The first-order chi connectivity index (χ1) is 18.3. The zero-order valence-electron chi connectivity index (χ0n) is 20.9. The first kappa shape index (κ1) is 26.4. The average molecular weight is 513 g/mol. The monoisotopic (exact) mass is 512 g/mol. The van der Waals surface area contributed by atoms with Gasteiger partial charge in [-0.2, -0.15) is 0 Å². The lowest BCUT2D eigenvalue weighted by Crippen LogP contribution is -2.36. The highest BCUT2D eigenvalue weighted by molar-refractivity contribution is 6.10. The van der Waals surface area contributed by atoms with E-state index in [1.54, 1.807) is 79.7 Å². The second-order valence-electron chi connectivity index (χ2n) is 8.98. The zero-order valence-corrected chi connectivity index (χ0v) is 20.9. The Morgan fingerprint density at radius 2 is 1.74 bits per heavy atom. The number of nitrogens with one attached hydrogen (secondary N) is 1. The smallest absolute Gasteiger partial charge is 0.329 e. The molecule has 3 aromatic rings. The second kappa shape index (κ2) is 12.1. The minimum Gasteiger partial charge on any atom is -0.480 e. The summed E-state index contributed by atoms with van der Waals surface area (Å²) in [5.41, 5.74) is 2.23. The van der Waals surface area contributed by atoms with Crippen LogP contribution in [0.25, 0.3) is 0 Å². The number of aromatic nitrogens is 1. The maximum Gasteiger partial charge on any atom is 0.329 e. The van der Waals surface area contributed by atoms with Gasteiger partial charge in [-0.05, 0) is 37.1 Å². The first-order valence-corrected chi connectivity index (χ1v) is 12.3. The molecule has 2 heterocycles. The molecule has 9 nitrogen and oxygen atoms in total. The highest BCUT2D eigenvalue weighted by Crippen LogP contribution is 2.29. The van der Waals surface area contributed by atoms with Crippen molar-refractivity contribution in [3.05, 3.63) is 95.8 Å². The Kier molecular flexibility index (Phi) is 8.37. The van der Waals surface area contributed by atoms with Gasteiger partial charge in [-0.3, -0.25) is 29.3 Å². The predicted octanol–water partition coefficient (Wildman–Crippen LogP) is 3.92. The summed E-state index contributed by atoms with van der Waals surface area (Å²) in [4.78, 5) is 60.2. The molecule has 38 heavy (non-hydrogen) atoms. The van der Waals surface area contributed by atoms with Crippen LogP contribution in [0.2, 0.25) is 0 Å². The van der Waals surface area contributed by atoms with E-state index in [9.17, 15) is 24.3 Å². The van der Waals surface area contributed by atoms with Crippen LogP contribution in [0.15, 0.2) is 84.0 Å². The van der Waals surface area contributed by atoms with E-state index in [0.717, 1.165) is 0 Å². The molecular formula is C29H28N4O5. The SMILES string of the molecule is CC(=N[C@H](C(=O)O)[C@H](CC(=O)N1CCCC1=O)c1ccccc1)c1ccccc1NC(=O)c1ccccn1. The molecular weight excluding hydrogens is 484 g/mol. The van der Waals surface area contributed by atoms with Gasteiger partial charge in [0.15, 0.2) is 6.04 Å². The molecule has 194 valence electrons. The average Bonchev–Trinajstić information content (AvgIpc) is 3.37. The number of rotatable bonds is 9. The molecule has 4 rings (SSSR count). The third-order valence-electron chi connectivity index (χ3n) is 6.43. The van der Waals surface area contributed by atoms with Crippen LogP contribution in [0.1, 0.15) is 53.7 Å². The van der Waals surface area contributed by atoms with Gasteiger partial charge >= 0.3 is 5.97 Å². The van der Waals surface area contributed by atoms with E-state index >= 15 is 0 Å². The fraction of sp³-hybridized carbons (Fsp3) is 0.241. The minimum atomic E-state index is -1.31. The van der Waals surface area contributed by atoms with Gasteiger partial charge in [0, 0.05) is 42.8 Å². The Hall–Kier alpha value is -4.66. The van der Waals surface area contributed by atoms with Crippen molar-refractivity contribution < 1.29 is 24.3 Å². The predicted molar refractivity (Wildman–Crippen MR) is 142 cm³/mol. The number of carbonyl (C=O) groups excluding carboxylic acids is 3. The zero-order chi connectivity index (χ0) is 27.1. The van der Waals surface area contributed by atoms with Crippen molar-refractivity contribution >= 4 is 35.1 Å². The number of aliphatic carboxylic acids is 1. The number of imide groups is 1. The highest BCUT2D eigenvalue weighted by atomic mass is 16.4. The van der Waals surface area contributed by atoms with Gasteiger partial charge in [0.1, 0.15) is 5.69 Å². The Bertz CT molecular complexity index is 1360. The van der Waals surface area contributed by atoms with Crippen molar-refractivity contribution in [2.45, 2.75) is 38.1 Å². The molecule has 0 unspecified atom stereocenters. The molecule has 1 saturated heterocycles. The molecule has 9 heteroatoms. The topological polar surface area (TPSA) is 129 Å². The lowest BCUT2D eigenvalue weighted by atomic mass is 9.88. The maximum atomic E-state index is 13.0. The lowest BCUT2D eigenvalue weighted by Gasteiger charge is -2.24. The molecule has 1 aliphatic heterocycles. The fourth-order valence-corrected chi connectivity index (χ4v) is 4.51. The van der Waals surface area contributed by atoms with Gasteiger partial charge in [0.05, 0.1) is 5.69 Å². The number of nitrogens with zero attached hydrogens (tertiary/aromatic N) is 3. The minimum absolute atomic E-state index is 0.179. The Morgan fingerprint density at radius 1 is 1.03 bits per heavy atom. The molecule has 0 spiro atoms. The molecule has 1 aliphatic rings. The number of benzene rings is 2. The van der Waals surface area contributed by atoms with E-state index < -0.39 is 29.7 Å². The summed E-state index contributed by atoms with van der Waals surface area (Å²) < 4.78 is 0. The van der Waals surface area contributed by atoms with Crippen molar-refractivity contribution in [1.29, 1.82) is 0 Å². The van der Waals surface area contributed by atoms with Crippen molar-refractivity contribution in [1.82, 2.24) is 9.88 Å². The number of para-hydroxylation sites is 1. The van der Waals surface area contributed by atoms with Crippen LogP contribution >= 0.6 is 0 Å². The molecule has 3 amide bonds. The summed E-state index contributed by atoms with van der Waals surface area (Å²) in [7, 11) is 0. The van der Waals surface area contributed by atoms with Gasteiger partial charge < -0.3 is 10.4 Å². The number of hydrogen-bond acceptors (Lipinski definition) is 6. The van der Waals surface area contributed by atoms with Gasteiger partial charge in [-0.25, -0.2) is 4.79 Å². The number of anilines is 1. The quantitative estimate of drug-likeness (QED) is 0.418. The van der Waals surface area contributed by atoms with E-state index in [1.165, 1.54) is 11.1 Å². The van der Waals surface area contributed by atoms with Gasteiger partial charge in [0.2, 0.25) is 11.8 Å². The number of hydrogen-bond donors (Lipinski definition) is 2. The summed E-state index contributed by atoms with van der Waals surface area (Å²) >= 11 is 0. The van der Waals surface area contributed by atoms with Crippen LogP contribution in [0.3, 0.4) is 0 Å². The van der Waals surface area contributed by atoms with Crippen LogP contribution in [0, 0.1) is 0 Å². The summed E-state index contributed by atoms with van der Waals surface area (Å²) in [5, 5.41) is 13.0. The molecule has 0 aliphatic carbocycles. The fourth-order valence-electron chi connectivity index (χ4n) is 4.51. The van der Waals surface area contributed by atoms with E-state index in [2.05, 4.69) is 15.3 Å². The van der Waals surface area contributed by atoms with Crippen molar-refractivity contribution in [2.75, 3.05) is 11.9 Å². The van der Waals surface area contributed by atoms with E-state index in [-0.39, 0.29) is 18.0 Å². The van der Waals surface area contributed by atoms with E-state index in [4.69, 9.17) is 0 Å². The number of pyridine rings is 1. The van der Waals surface area contributed by atoms with Gasteiger partial charge in [0.25, 0.3) is 5.91 Å². The van der Waals surface area contributed by atoms with Crippen molar-refractivity contribution in [3.8, 4) is 0 Å². The van der Waals surface area contributed by atoms with E-state index in [1.807, 2.05) is 0 Å². The molecule has 1 fully saturated rings. The van der Waals surface area contributed by atoms with Gasteiger partial charge in [-0.15, -0.1) is 0 Å². The highest BCUT2D eigenvalue weighted by Gasteiger charge is 2.35. The maximum absolute atomic E-state index is 13.0. The number of aliphatic imine (C=N–C) groups is 1. The third kappa shape index (κ3) is 6.18. The van der Waals surface area contributed by atoms with Crippen LogP contribution in [0.5, 0.6) is 0 Å². The van der Waals surface area contributed by atoms with Crippen molar-refractivity contribution in [2.24, 2.45) is 4.99 Å². The number of carbonyl (C=O) groups is 4. The Balaban J connectivity index is 1.66. The molecule has 2 atom stereocenters. The summed E-state index contributed by atoms with van der Waals surface area (Å²) in [5.74, 6) is -3.08. The summed E-state index contributed by atoms with van der Waals surface area (Å²) in [6.07, 6.45) is 2.25. The van der Waals surface area contributed by atoms with Crippen LogP contribution in [0.4, 0.5) is 5.69 Å². The standard InChI is InChI=1S/C29H28N4O5/c1-19(21-12-5-6-13-23(21)32-28(36)24-14-7-8-16-30-24)31-27(29(37)38)22(20-10-3-2-4-11-20)18-26(35)33-17-9-15-25(33)34/h2-8,10-14,16,22,27H,9,15,17-18H2,1H3,(H,32,36)(H,37,38)/t22-,27+/m1/s1. The Labute approximate surface area is 220 Å². The molecule has 0 radical (unpaired) electrons. The number of amides is 3. The first-order valence-electron chi connectivity index (χ1n) is 12.3.